The van der Waals surface area contributed by atoms with Crippen molar-refractivity contribution in [1.29, 1.82) is 0 Å². The van der Waals surface area contributed by atoms with Crippen LogP contribution in [0.3, 0.4) is 0 Å². The summed E-state index contributed by atoms with van der Waals surface area (Å²) in [6.07, 6.45) is 4.18. The lowest BCUT2D eigenvalue weighted by molar-refractivity contribution is 0.334. The van der Waals surface area contributed by atoms with Crippen molar-refractivity contribution in [1.82, 2.24) is 0 Å². The van der Waals surface area contributed by atoms with E-state index in [2.05, 4.69) is 13.0 Å². The van der Waals surface area contributed by atoms with Crippen molar-refractivity contribution in [2.45, 2.75) is 46.2 Å². The molecule has 0 aliphatic rings. The van der Waals surface area contributed by atoms with Gasteiger partial charge in [-0.2, -0.15) is 0 Å². The Morgan fingerprint density at radius 3 is 2.60 bits per heavy atom. The second-order valence-corrected chi connectivity index (χ2v) is 2.81. The van der Waals surface area contributed by atoms with Gasteiger partial charge in [0.1, 0.15) is 0 Å². The molecule has 0 heterocycles. The molecule has 0 N–H and O–H groups in total. The molecule has 1 atom stereocenters. The summed E-state index contributed by atoms with van der Waals surface area (Å²) in [6, 6.07) is 0. The topological polar surface area (TPSA) is 0 Å². The summed E-state index contributed by atoms with van der Waals surface area (Å²) in [5.41, 5.74) is 1.36. The number of allylic oxidation sites excluding steroid dienone is 2. The standard InChI is InChI=1S/C9H17F/c1-4-8(2)6-5-7-9(3)10/h4,9H,5-7H2,1-3H3. The van der Waals surface area contributed by atoms with E-state index < -0.39 is 6.17 Å². The molecule has 0 spiro atoms. The van der Waals surface area contributed by atoms with Gasteiger partial charge in [0.05, 0.1) is 6.17 Å². The van der Waals surface area contributed by atoms with Gasteiger partial charge in [-0.25, -0.2) is 4.39 Å². The van der Waals surface area contributed by atoms with Gasteiger partial charge in [-0.3, -0.25) is 0 Å². The monoisotopic (exact) mass is 144 g/mol. The van der Waals surface area contributed by atoms with Crippen LogP contribution in [0, 0.1) is 0 Å². The zero-order valence-electron chi connectivity index (χ0n) is 7.15. The van der Waals surface area contributed by atoms with E-state index in [4.69, 9.17) is 0 Å². The first-order valence-electron chi connectivity index (χ1n) is 3.92. The molecule has 0 aliphatic carbocycles. The predicted molar refractivity (Wildman–Crippen MR) is 43.9 cm³/mol. The highest BCUT2D eigenvalue weighted by Crippen LogP contribution is 2.09. The lowest BCUT2D eigenvalue weighted by atomic mass is 10.1. The summed E-state index contributed by atoms with van der Waals surface area (Å²) in [7, 11) is 0. The van der Waals surface area contributed by atoms with E-state index in [9.17, 15) is 4.39 Å². The zero-order valence-corrected chi connectivity index (χ0v) is 7.15. The third-order valence-electron chi connectivity index (χ3n) is 1.67. The Bertz CT molecular complexity index is 103. The van der Waals surface area contributed by atoms with Gasteiger partial charge in [0, 0.05) is 0 Å². The van der Waals surface area contributed by atoms with Crippen LogP contribution in [0.4, 0.5) is 4.39 Å². The number of hydrogen-bond acceptors (Lipinski definition) is 0. The maximum atomic E-state index is 12.2. The van der Waals surface area contributed by atoms with Crippen LogP contribution in [-0.4, -0.2) is 6.17 Å². The Kier molecular flexibility index (Phi) is 5.27. The molecule has 0 radical (unpaired) electrons. The van der Waals surface area contributed by atoms with E-state index >= 15 is 0 Å². The SMILES string of the molecule is CC=C(C)CCCC(C)F. The molecule has 60 valence electrons. The molecule has 0 fully saturated rings. The van der Waals surface area contributed by atoms with Crippen LogP contribution >= 0.6 is 0 Å². The normalized spacial score (nSPS) is 15.4. The molecule has 0 nitrogen and oxygen atoms in total. The number of hydrogen-bond donors (Lipinski definition) is 0. The fraction of sp³-hybridized carbons (Fsp3) is 0.778. The minimum atomic E-state index is -0.635. The van der Waals surface area contributed by atoms with Crippen molar-refractivity contribution in [3.8, 4) is 0 Å². The first-order chi connectivity index (χ1) is 4.66. The Balaban J connectivity index is 3.20. The molecular weight excluding hydrogens is 127 g/mol. The maximum Gasteiger partial charge on any atom is 0.0973 e. The maximum absolute atomic E-state index is 12.2. The highest BCUT2D eigenvalue weighted by Gasteiger charge is 1.96. The summed E-state index contributed by atoms with van der Waals surface area (Å²) >= 11 is 0. The second kappa shape index (κ2) is 5.45. The average Bonchev–Trinajstić information content (AvgIpc) is 1.87. The Morgan fingerprint density at radius 1 is 1.60 bits per heavy atom. The third-order valence-corrected chi connectivity index (χ3v) is 1.67. The number of alkyl halides is 1. The molecule has 0 bridgehead atoms. The van der Waals surface area contributed by atoms with E-state index in [1.54, 1.807) is 6.92 Å². The number of halogens is 1. The molecular formula is C9H17F. The van der Waals surface area contributed by atoms with Crippen molar-refractivity contribution in [2.24, 2.45) is 0 Å². The third kappa shape index (κ3) is 5.80. The lowest BCUT2D eigenvalue weighted by Crippen LogP contribution is -1.91. The van der Waals surface area contributed by atoms with Crippen LogP contribution in [0.2, 0.25) is 0 Å². The molecule has 0 aromatic carbocycles. The van der Waals surface area contributed by atoms with Crippen LogP contribution < -0.4 is 0 Å². The first kappa shape index (κ1) is 9.67. The molecule has 0 saturated heterocycles. The Labute approximate surface area is 63.1 Å². The van der Waals surface area contributed by atoms with Crippen LogP contribution in [0.15, 0.2) is 11.6 Å². The summed E-state index contributed by atoms with van der Waals surface area (Å²) in [6.45, 7) is 5.72. The van der Waals surface area contributed by atoms with Crippen LogP contribution in [-0.2, 0) is 0 Å². The van der Waals surface area contributed by atoms with E-state index in [0.717, 1.165) is 12.8 Å². The zero-order chi connectivity index (χ0) is 7.98. The van der Waals surface area contributed by atoms with Crippen molar-refractivity contribution in [2.75, 3.05) is 0 Å². The minimum absolute atomic E-state index is 0.635. The molecule has 0 aromatic heterocycles. The van der Waals surface area contributed by atoms with Crippen molar-refractivity contribution in [3.63, 3.8) is 0 Å². The van der Waals surface area contributed by atoms with E-state index in [1.165, 1.54) is 5.57 Å². The van der Waals surface area contributed by atoms with Crippen LogP contribution in [0.5, 0.6) is 0 Å². The highest BCUT2D eigenvalue weighted by atomic mass is 19.1. The molecule has 0 saturated carbocycles. The average molecular weight is 144 g/mol. The summed E-state index contributed by atoms with van der Waals surface area (Å²) in [5.74, 6) is 0. The fourth-order valence-electron chi connectivity index (χ4n) is 0.807. The quantitative estimate of drug-likeness (QED) is 0.530. The smallest absolute Gasteiger partial charge is 0.0973 e. The number of rotatable bonds is 4. The largest absolute Gasteiger partial charge is 0.248 e. The van der Waals surface area contributed by atoms with Crippen LogP contribution in [0.25, 0.3) is 0 Å². The van der Waals surface area contributed by atoms with E-state index in [1.807, 2.05) is 6.92 Å². The lowest BCUT2D eigenvalue weighted by Gasteiger charge is -2.00. The summed E-state index contributed by atoms with van der Waals surface area (Å²) in [4.78, 5) is 0. The van der Waals surface area contributed by atoms with Gasteiger partial charge < -0.3 is 0 Å². The molecule has 0 aliphatic heterocycles. The van der Waals surface area contributed by atoms with Crippen molar-refractivity contribution < 1.29 is 4.39 Å². The summed E-state index contributed by atoms with van der Waals surface area (Å²) in [5, 5.41) is 0. The summed E-state index contributed by atoms with van der Waals surface area (Å²) < 4.78 is 12.2. The molecule has 10 heavy (non-hydrogen) atoms. The highest BCUT2D eigenvalue weighted by molar-refractivity contribution is 4.94. The van der Waals surface area contributed by atoms with Gasteiger partial charge in [-0.05, 0) is 40.0 Å². The first-order valence-corrected chi connectivity index (χ1v) is 3.92. The fourth-order valence-corrected chi connectivity index (χ4v) is 0.807. The van der Waals surface area contributed by atoms with Gasteiger partial charge in [-0.15, -0.1) is 0 Å². The van der Waals surface area contributed by atoms with E-state index in [-0.39, 0.29) is 0 Å². The van der Waals surface area contributed by atoms with E-state index in [0.29, 0.717) is 6.42 Å². The van der Waals surface area contributed by atoms with Crippen LogP contribution in [0.1, 0.15) is 40.0 Å². The Morgan fingerprint density at radius 2 is 2.20 bits per heavy atom. The van der Waals surface area contributed by atoms with Gasteiger partial charge in [0.25, 0.3) is 0 Å². The van der Waals surface area contributed by atoms with Gasteiger partial charge in [-0.1, -0.05) is 11.6 Å². The molecule has 1 unspecified atom stereocenters. The second-order valence-electron chi connectivity index (χ2n) is 2.81. The molecule has 1 heteroatoms. The molecule has 0 amide bonds. The van der Waals surface area contributed by atoms with Gasteiger partial charge in [0.2, 0.25) is 0 Å². The van der Waals surface area contributed by atoms with Gasteiger partial charge >= 0.3 is 0 Å². The molecule has 0 rings (SSSR count). The Hall–Kier alpha value is -0.330. The van der Waals surface area contributed by atoms with Gasteiger partial charge in [0.15, 0.2) is 0 Å². The van der Waals surface area contributed by atoms with Crippen molar-refractivity contribution >= 4 is 0 Å². The van der Waals surface area contributed by atoms with Crippen molar-refractivity contribution in [3.05, 3.63) is 11.6 Å². The minimum Gasteiger partial charge on any atom is -0.248 e. The molecule has 0 aromatic rings. The predicted octanol–water partition coefficient (Wildman–Crippen LogP) is 3.48.